The monoisotopic (exact) mass is 269 g/mol. The van der Waals surface area contributed by atoms with Gasteiger partial charge in [0.15, 0.2) is 0 Å². The van der Waals surface area contributed by atoms with Crippen molar-refractivity contribution in [3.8, 4) is 5.75 Å². The highest BCUT2D eigenvalue weighted by Crippen LogP contribution is 2.21. The molecule has 0 atom stereocenters. The van der Waals surface area contributed by atoms with Crippen LogP contribution in [0.5, 0.6) is 5.75 Å². The summed E-state index contributed by atoms with van der Waals surface area (Å²) in [6.45, 7) is 2.95. The first-order valence-electron chi connectivity index (χ1n) is 6.93. The summed E-state index contributed by atoms with van der Waals surface area (Å²) in [4.78, 5) is 3.94. The number of rotatable bonds is 7. The number of nitrogens with zero attached hydrogens (tertiary/aromatic N) is 3. The first-order chi connectivity index (χ1) is 9.88. The second-order valence-electron chi connectivity index (χ2n) is 4.45. The fourth-order valence-electron chi connectivity index (χ4n) is 1.68. The van der Waals surface area contributed by atoms with Gasteiger partial charge in [-0.3, -0.25) is 4.98 Å². The molecule has 0 fully saturated rings. The SMILES string of the molecule is CCCCCOc1ccc(N=Nc2ccncc2)cc1. The van der Waals surface area contributed by atoms with Crippen molar-refractivity contribution in [1.29, 1.82) is 0 Å². The van der Waals surface area contributed by atoms with Crippen molar-refractivity contribution in [3.63, 3.8) is 0 Å². The molecule has 1 heterocycles. The molecule has 1 aromatic carbocycles. The predicted octanol–water partition coefficient (Wildman–Crippen LogP) is 5.07. The molecular weight excluding hydrogens is 250 g/mol. The van der Waals surface area contributed by atoms with E-state index in [0.717, 1.165) is 30.2 Å². The van der Waals surface area contributed by atoms with Crippen molar-refractivity contribution in [2.45, 2.75) is 26.2 Å². The zero-order chi connectivity index (χ0) is 14.0. The minimum Gasteiger partial charge on any atom is -0.494 e. The highest BCUT2D eigenvalue weighted by molar-refractivity contribution is 5.42. The van der Waals surface area contributed by atoms with Gasteiger partial charge in [-0.05, 0) is 42.8 Å². The van der Waals surface area contributed by atoms with Crippen LogP contribution in [-0.2, 0) is 0 Å². The molecule has 0 radical (unpaired) electrons. The van der Waals surface area contributed by atoms with E-state index >= 15 is 0 Å². The molecule has 0 unspecified atom stereocenters. The molecule has 0 aliphatic carbocycles. The number of unbranched alkanes of at least 4 members (excludes halogenated alkanes) is 2. The summed E-state index contributed by atoms with van der Waals surface area (Å²) < 4.78 is 5.65. The van der Waals surface area contributed by atoms with Gasteiger partial charge >= 0.3 is 0 Å². The molecule has 0 bridgehead atoms. The Morgan fingerprint density at radius 3 is 2.20 bits per heavy atom. The number of ether oxygens (including phenoxy) is 1. The Hall–Kier alpha value is -2.23. The molecule has 0 aliphatic rings. The van der Waals surface area contributed by atoms with E-state index < -0.39 is 0 Å². The van der Waals surface area contributed by atoms with Gasteiger partial charge in [0.2, 0.25) is 0 Å². The molecule has 0 saturated carbocycles. The fraction of sp³-hybridized carbons (Fsp3) is 0.312. The maximum Gasteiger partial charge on any atom is 0.119 e. The Bertz CT molecular complexity index is 523. The van der Waals surface area contributed by atoms with E-state index in [2.05, 4.69) is 22.1 Å². The smallest absolute Gasteiger partial charge is 0.119 e. The predicted molar refractivity (Wildman–Crippen MR) is 79.9 cm³/mol. The largest absolute Gasteiger partial charge is 0.494 e. The van der Waals surface area contributed by atoms with E-state index in [1.807, 2.05) is 36.4 Å². The van der Waals surface area contributed by atoms with Gasteiger partial charge in [-0.25, -0.2) is 0 Å². The lowest BCUT2D eigenvalue weighted by atomic mass is 10.2. The maximum atomic E-state index is 5.65. The molecule has 0 N–H and O–H groups in total. The van der Waals surface area contributed by atoms with Crippen LogP contribution in [0.15, 0.2) is 59.0 Å². The van der Waals surface area contributed by atoms with Crippen molar-refractivity contribution >= 4 is 11.4 Å². The van der Waals surface area contributed by atoms with Gasteiger partial charge in [0.05, 0.1) is 18.0 Å². The average molecular weight is 269 g/mol. The van der Waals surface area contributed by atoms with Crippen LogP contribution in [0, 0.1) is 0 Å². The third-order valence-corrected chi connectivity index (χ3v) is 2.80. The normalized spacial score (nSPS) is 10.8. The summed E-state index contributed by atoms with van der Waals surface area (Å²) in [5, 5.41) is 8.31. The molecular formula is C16H19N3O. The Labute approximate surface area is 119 Å². The van der Waals surface area contributed by atoms with Gasteiger partial charge in [0.1, 0.15) is 5.75 Å². The number of azo groups is 1. The number of hydrogen-bond donors (Lipinski definition) is 0. The molecule has 104 valence electrons. The first kappa shape index (κ1) is 14.2. The number of benzene rings is 1. The lowest BCUT2D eigenvalue weighted by Gasteiger charge is -2.05. The molecule has 2 aromatic rings. The van der Waals surface area contributed by atoms with E-state index in [1.165, 1.54) is 12.8 Å². The van der Waals surface area contributed by atoms with Gasteiger partial charge in [-0.2, -0.15) is 10.2 Å². The van der Waals surface area contributed by atoms with E-state index in [9.17, 15) is 0 Å². The minimum atomic E-state index is 0.770. The number of pyridine rings is 1. The van der Waals surface area contributed by atoms with E-state index in [-0.39, 0.29) is 0 Å². The van der Waals surface area contributed by atoms with Crippen LogP contribution in [0.25, 0.3) is 0 Å². The average Bonchev–Trinajstić information content (AvgIpc) is 2.52. The maximum absolute atomic E-state index is 5.65. The Morgan fingerprint density at radius 2 is 1.55 bits per heavy atom. The minimum absolute atomic E-state index is 0.770. The molecule has 0 spiro atoms. The zero-order valence-electron chi connectivity index (χ0n) is 11.7. The lowest BCUT2D eigenvalue weighted by molar-refractivity contribution is 0.306. The van der Waals surface area contributed by atoms with Crippen LogP contribution in [0.2, 0.25) is 0 Å². The first-order valence-corrected chi connectivity index (χ1v) is 6.93. The summed E-state index contributed by atoms with van der Waals surface area (Å²) in [6, 6.07) is 11.3. The van der Waals surface area contributed by atoms with Crippen LogP contribution in [0.1, 0.15) is 26.2 Å². The van der Waals surface area contributed by atoms with Crippen LogP contribution >= 0.6 is 0 Å². The van der Waals surface area contributed by atoms with E-state index in [0.29, 0.717) is 0 Å². The second kappa shape index (κ2) is 8.04. The number of aromatic nitrogens is 1. The molecule has 1 aromatic heterocycles. The summed E-state index contributed by atoms with van der Waals surface area (Å²) in [5.74, 6) is 0.879. The standard InChI is InChI=1S/C16H19N3O/c1-2-3-4-13-20-16-7-5-14(6-8-16)18-19-15-9-11-17-12-10-15/h5-12H,2-4,13H2,1H3. The summed E-state index contributed by atoms with van der Waals surface area (Å²) in [7, 11) is 0. The Kier molecular flexibility index (Phi) is 5.71. The van der Waals surface area contributed by atoms with Crippen LogP contribution < -0.4 is 4.74 Å². The van der Waals surface area contributed by atoms with Gasteiger partial charge in [-0.15, -0.1) is 0 Å². The molecule has 20 heavy (non-hydrogen) atoms. The molecule has 0 saturated heterocycles. The second-order valence-corrected chi connectivity index (χ2v) is 4.45. The fourth-order valence-corrected chi connectivity index (χ4v) is 1.68. The van der Waals surface area contributed by atoms with E-state index in [1.54, 1.807) is 12.4 Å². The highest BCUT2D eigenvalue weighted by Gasteiger charge is 1.95. The zero-order valence-corrected chi connectivity index (χ0v) is 11.7. The van der Waals surface area contributed by atoms with Crippen LogP contribution in [0.4, 0.5) is 11.4 Å². The third-order valence-electron chi connectivity index (χ3n) is 2.80. The quantitative estimate of drug-likeness (QED) is 0.520. The lowest BCUT2D eigenvalue weighted by Crippen LogP contribution is -1.96. The van der Waals surface area contributed by atoms with Gasteiger partial charge in [-0.1, -0.05) is 19.8 Å². The molecule has 4 nitrogen and oxygen atoms in total. The van der Waals surface area contributed by atoms with Crippen molar-refractivity contribution in [2.24, 2.45) is 10.2 Å². The molecule has 4 heteroatoms. The molecule has 2 rings (SSSR count). The highest BCUT2D eigenvalue weighted by atomic mass is 16.5. The summed E-state index contributed by atoms with van der Waals surface area (Å²) in [6.07, 6.45) is 6.90. The molecule has 0 aliphatic heterocycles. The van der Waals surface area contributed by atoms with E-state index in [4.69, 9.17) is 4.74 Å². The summed E-state index contributed by atoms with van der Waals surface area (Å²) >= 11 is 0. The topological polar surface area (TPSA) is 46.8 Å². The third kappa shape index (κ3) is 4.80. The van der Waals surface area contributed by atoms with Gasteiger partial charge in [0, 0.05) is 12.4 Å². The Balaban J connectivity index is 1.87. The van der Waals surface area contributed by atoms with Crippen LogP contribution in [-0.4, -0.2) is 11.6 Å². The number of hydrogen-bond acceptors (Lipinski definition) is 4. The summed E-state index contributed by atoms with van der Waals surface area (Å²) in [5.41, 5.74) is 1.60. The Morgan fingerprint density at radius 1 is 0.900 bits per heavy atom. The van der Waals surface area contributed by atoms with Gasteiger partial charge in [0.25, 0.3) is 0 Å². The van der Waals surface area contributed by atoms with Crippen molar-refractivity contribution in [1.82, 2.24) is 4.98 Å². The van der Waals surface area contributed by atoms with Crippen molar-refractivity contribution < 1.29 is 4.74 Å². The van der Waals surface area contributed by atoms with Crippen molar-refractivity contribution in [2.75, 3.05) is 6.61 Å². The van der Waals surface area contributed by atoms with Crippen LogP contribution in [0.3, 0.4) is 0 Å². The van der Waals surface area contributed by atoms with Crippen molar-refractivity contribution in [3.05, 3.63) is 48.8 Å². The van der Waals surface area contributed by atoms with Gasteiger partial charge < -0.3 is 4.74 Å². The molecule has 0 amide bonds.